The number of nitrogens with zero attached hydrogens (tertiary/aromatic N) is 2. The number of carbonyl (C=O) groups is 1. The van der Waals surface area contributed by atoms with Crippen molar-refractivity contribution in [3.05, 3.63) is 71.5 Å². The van der Waals surface area contributed by atoms with Crippen molar-refractivity contribution in [2.45, 2.75) is 13.0 Å². The Morgan fingerprint density at radius 2 is 1.76 bits per heavy atom. The van der Waals surface area contributed by atoms with Gasteiger partial charge in [0, 0.05) is 13.1 Å². The Balaban J connectivity index is 2.21. The first-order chi connectivity index (χ1) is 10.2. The van der Waals surface area contributed by atoms with Gasteiger partial charge >= 0.3 is 0 Å². The Morgan fingerprint density at radius 3 is 2.43 bits per heavy atom. The summed E-state index contributed by atoms with van der Waals surface area (Å²) >= 11 is 0. The molecule has 4 heteroatoms. The summed E-state index contributed by atoms with van der Waals surface area (Å²) in [7, 11) is 0. The van der Waals surface area contributed by atoms with E-state index in [4.69, 9.17) is 5.26 Å². The molecular formula is C17H15FN2O. The quantitative estimate of drug-likeness (QED) is 0.843. The maximum Gasteiger partial charge on any atom is 0.257 e. The van der Waals surface area contributed by atoms with E-state index in [1.165, 1.54) is 17.0 Å². The van der Waals surface area contributed by atoms with Crippen molar-refractivity contribution in [3.8, 4) is 6.07 Å². The van der Waals surface area contributed by atoms with Crippen molar-refractivity contribution in [1.82, 2.24) is 4.90 Å². The highest BCUT2D eigenvalue weighted by Gasteiger charge is 2.18. The summed E-state index contributed by atoms with van der Waals surface area (Å²) in [5.74, 6) is -0.940. The highest BCUT2D eigenvalue weighted by atomic mass is 19.1. The fourth-order valence-corrected chi connectivity index (χ4v) is 2.05. The van der Waals surface area contributed by atoms with Gasteiger partial charge in [-0.05, 0) is 17.7 Å². The fourth-order valence-electron chi connectivity index (χ4n) is 2.05. The molecule has 0 unspecified atom stereocenters. The van der Waals surface area contributed by atoms with Gasteiger partial charge in [0.05, 0.1) is 18.1 Å². The van der Waals surface area contributed by atoms with Crippen LogP contribution in [-0.2, 0) is 6.54 Å². The van der Waals surface area contributed by atoms with Gasteiger partial charge in [0.15, 0.2) is 0 Å². The van der Waals surface area contributed by atoms with E-state index in [2.05, 4.69) is 0 Å². The molecule has 2 rings (SSSR count). The third kappa shape index (κ3) is 3.90. The molecule has 0 saturated carbocycles. The lowest BCUT2D eigenvalue weighted by molar-refractivity contribution is 0.0742. The lowest BCUT2D eigenvalue weighted by Crippen LogP contribution is -2.32. The highest BCUT2D eigenvalue weighted by molar-refractivity contribution is 5.94. The van der Waals surface area contributed by atoms with Crippen molar-refractivity contribution in [3.63, 3.8) is 0 Å². The molecule has 0 spiro atoms. The number of nitriles is 1. The van der Waals surface area contributed by atoms with Crippen LogP contribution in [0.15, 0.2) is 54.6 Å². The standard InChI is InChI=1S/C17H15FN2O/c18-16-10-5-4-9-15(16)17(21)20(12-6-11-19)13-14-7-2-1-3-8-14/h1-5,7-10H,6,12-13H2. The summed E-state index contributed by atoms with van der Waals surface area (Å²) in [5.41, 5.74) is 0.978. The molecule has 2 aromatic rings. The molecule has 0 aliphatic rings. The van der Waals surface area contributed by atoms with Gasteiger partial charge in [0.1, 0.15) is 5.82 Å². The summed E-state index contributed by atoms with van der Waals surface area (Å²) in [6.45, 7) is 0.633. The molecule has 0 aliphatic heterocycles. The molecule has 0 radical (unpaired) electrons. The molecule has 2 aromatic carbocycles. The third-order valence-corrected chi connectivity index (χ3v) is 3.10. The second kappa shape index (κ2) is 7.20. The molecule has 0 heterocycles. The van der Waals surface area contributed by atoms with E-state index < -0.39 is 11.7 Å². The molecule has 3 nitrogen and oxygen atoms in total. The third-order valence-electron chi connectivity index (χ3n) is 3.10. The van der Waals surface area contributed by atoms with Crippen molar-refractivity contribution >= 4 is 5.91 Å². The van der Waals surface area contributed by atoms with Gasteiger partial charge in [-0.3, -0.25) is 4.79 Å². The second-order valence-electron chi connectivity index (χ2n) is 4.60. The molecule has 0 aliphatic carbocycles. The van der Waals surface area contributed by atoms with E-state index >= 15 is 0 Å². The Labute approximate surface area is 123 Å². The lowest BCUT2D eigenvalue weighted by Gasteiger charge is -2.22. The van der Waals surface area contributed by atoms with E-state index in [1.54, 1.807) is 12.1 Å². The van der Waals surface area contributed by atoms with Gasteiger partial charge in [-0.1, -0.05) is 42.5 Å². The lowest BCUT2D eigenvalue weighted by atomic mass is 10.1. The molecular weight excluding hydrogens is 267 g/mol. The maximum absolute atomic E-state index is 13.7. The average molecular weight is 282 g/mol. The molecule has 0 atom stereocenters. The van der Waals surface area contributed by atoms with Crippen molar-refractivity contribution < 1.29 is 9.18 Å². The van der Waals surface area contributed by atoms with Gasteiger partial charge in [0.25, 0.3) is 5.91 Å². The summed E-state index contributed by atoms with van der Waals surface area (Å²) in [6.07, 6.45) is 0.215. The van der Waals surface area contributed by atoms with Crippen LogP contribution in [0, 0.1) is 17.1 Å². The minimum atomic E-state index is -0.544. The highest BCUT2D eigenvalue weighted by Crippen LogP contribution is 2.13. The molecule has 1 amide bonds. The smallest absolute Gasteiger partial charge is 0.257 e. The normalized spacial score (nSPS) is 9.90. The first-order valence-corrected chi connectivity index (χ1v) is 6.67. The molecule has 0 bridgehead atoms. The van der Waals surface area contributed by atoms with Crippen molar-refractivity contribution in [2.75, 3.05) is 6.54 Å². The van der Waals surface area contributed by atoms with Gasteiger partial charge < -0.3 is 4.90 Å². The monoisotopic (exact) mass is 282 g/mol. The number of benzene rings is 2. The first-order valence-electron chi connectivity index (χ1n) is 6.67. The largest absolute Gasteiger partial charge is 0.333 e. The first kappa shape index (κ1) is 14.7. The SMILES string of the molecule is N#CCCN(Cc1ccccc1)C(=O)c1ccccc1F. The number of carbonyl (C=O) groups excluding carboxylic acids is 1. The predicted octanol–water partition coefficient (Wildman–Crippen LogP) is 3.38. The number of hydrogen-bond donors (Lipinski definition) is 0. The minimum Gasteiger partial charge on any atom is -0.333 e. The molecule has 21 heavy (non-hydrogen) atoms. The summed E-state index contributed by atoms with van der Waals surface area (Å²) in [4.78, 5) is 13.9. The van der Waals surface area contributed by atoms with Gasteiger partial charge in [-0.15, -0.1) is 0 Å². The molecule has 0 saturated heterocycles. The molecule has 0 fully saturated rings. The predicted molar refractivity (Wildman–Crippen MR) is 77.8 cm³/mol. The second-order valence-corrected chi connectivity index (χ2v) is 4.60. The van der Waals surface area contributed by atoms with Crippen molar-refractivity contribution in [1.29, 1.82) is 5.26 Å². The van der Waals surface area contributed by atoms with Crippen molar-refractivity contribution in [2.24, 2.45) is 0 Å². The molecule has 106 valence electrons. The van der Waals surface area contributed by atoms with E-state index in [-0.39, 0.29) is 18.5 Å². The minimum absolute atomic E-state index is 0.0337. The average Bonchev–Trinajstić information content (AvgIpc) is 2.52. The van der Waals surface area contributed by atoms with Crippen LogP contribution in [0.2, 0.25) is 0 Å². The van der Waals surface area contributed by atoms with E-state index in [0.29, 0.717) is 6.54 Å². The number of hydrogen-bond acceptors (Lipinski definition) is 2. The summed E-state index contributed by atoms with van der Waals surface area (Å²) in [6, 6.07) is 17.4. The Kier molecular flexibility index (Phi) is 5.05. The van der Waals surface area contributed by atoms with Crippen LogP contribution in [-0.4, -0.2) is 17.4 Å². The number of halogens is 1. The van der Waals surface area contributed by atoms with Crippen LogP contribution in [0.1, 0.15) is 22.3 Å². The topological polar surface area (TPSA) is 44.1 Å². The van der Waals surface area contributed by atoms with E-state index in [0.717, 1.165) is 5.56 Å². The van der Waals surface area contributed by atoms with Gasteiger partial charge in [-0.25, -0.2) is 4.39 Å². The van der Waals surface area contributed by atoms with Crippen LogP contribution in [0.3, 0.4) is 0 Å². The van der Waals surface area contributed by atoms with Crippen LogP contribution in [0.5, 0.6) is 0 Å². The zero-order chi connectivity index (χ0) is 15.1. The van der Waals surface area contributed by atoms with Gasteiger partial charge in [-0.2, -0.15) is 5.26 Å². The van der Waals surface area contributed by atoms with Crippen LogP contribution >= 0.6 is 0 Å². The summed E-state index contributed by atoms with van der Waals surface area (Å²) in [5, 5.41) is 8.73. The van der Waals surface area contributed by atoms with Crippen LogP contribution in [0.4, 0.5) is 4.39 Å². The van der Waals surface area contributed by atoms with E-state index in [1.807, 2.05) is 36.4 Å². The van der Waals surface area contributed by atoms with Crippen LogP contribution < -0.4 is 0 Å². The zero-order valence-corrected chi connectivity index (χ0v) is 11.5. The zero-order valence-electron chi connectivity index (χ0n) is 11.5. The summed E-state index contributed by atoms with van der Waals surface area (Å²) < 4.78 is 13.7. The fraction of sp³-hybridized carbons (Fsp3) is 0.176. The number of rotatable bonds is 5. The van der Waals surface area contributed by atoms with Crippen LogP contribution in [0.25, 0.3) is 0 Å². The van der Waals surface area contributed by atoms with Gasteiger partial charge in [0.2, 0.25) is 0 Å². The van der Waals surface area contributed by atoms with E-state index in [9.17, 15) is 9.18 Å². The molecule has 0 N–H and O–H groups in total. The Bertz CT molecular complexity index is 649. The maximum atomic E-state index is 13.7. The molecule has 0 aromatic heterocycles. The Hall–Kier alpha value is -2.67. The Morgan fingerprint density at radius 1 is 1.10 bits per heavy atom. The number of amides is 1.